The van der Waals surface area contributed by atoms with E-state index in [-0.39, 0.29) is 0 Å². The minimum absolute atomic E-state index is 0.319. The first-order valence-corrected chi connectivity index (χ1v) is 8.52. The Labute approximate surface area is 154 Å². The zero-order valence-corrected chi connectivity index (χ0v) is 16.0. The standard InChI is InChI=1S/C19H27NO6/c1-18(2,3)26-17(22)20-11-19(12-20,25-13-21)9-8-14-6-7-15(23-4)10-16(14)24-5/h6-7,10,13H,8-9,11-12H2,1-5H3. The minimum Gasteiger partial charge on any atom is -0.497 e. The summed E-state index contributed by atoms with van der Waals surface area (Å²) in [5.74, 6) is 1.43. The second kappa shape index (κ2) is 7.85. The summed E-state index contributed by atoms with van der Waals surface area (Å²) < 4.78 is 21.3. The van der Waals surface area contributed by atoms with E-state index in [2.05, 4.69) is 0 Å². The van der Waals surface area contributed by atoms with Gasteiger partial charge in [-0.1, -0.05) is 6.07 Å². The van der Waals surface area contributed by atoms with E-state index in [9.17, 15) is 9.59 Å². The molecule has 144 valence electrons. The zero-order chi connectivity index (χ0) is 19.4. The molecule has 1 aliphatic rings. The number of carbonyl (C=O) groups excluding carboxylic acids is 2. The van der Waals surface area contributed by atoms with Gasteiger partial charge in [-0.3, -0.25) is 4.79 Å². The van der Waals surface area contributed by atoms with Gasteiger partial charge in [0.05, 0.1) is 27.3 Å². The second-order valence-electron chi connectivity index (χ2n) is 7.41. The number of benzene rings is 1. The van der Waals surface area contributed by atoms with Crippen molar-refractivity contribution in [2.75, 3.05) is 27.3 Å². The summed E-state index contributed by atoms with van der Waals surface area (Å²) in [6.45, 7) is 6.53. The molecule has 0 aromatic heterocycles. The van der Waals surface area contributed by atoms with Crippen LogP contribution >= 0.6 is 0 Å². The molecular formula is C19H27NO6. The van der Waals surface area contributed by atoms with Crippen molar-refractivity contribution in [1.29, 1.82) is 0 Å². The highest BCUT2D eigenvalue weighted by molar-refractivity contribution is 5.70. The Kier molecular flexibility index (Phi) is 6.00. The average Bonchev–Trinajstić information content (AvgIpc) is 2.54. The molecule has 1 amide bonds. The predicted octanol–water partition coefficient (Wildman–Crippen LogP) is 2.80. The first-order chi connectivity index (χ1) is 12.2. The summed E-state index contributed by atoms with van der Waals surface area (Å²) in [5.41, 5.74) is -0.265. The number of methoxy groups -OCH3 is 2. The summed E-state index contributed by atoms with van der Waals surface area (Å²) in [4.78, 5) is 24.6. The van der Waals surface area contributed by atoms with Crippen LogP contribution in [0, 0.1) is 0 Å². The molecule has 1 heterocycles. The first kappa shape index (κ1) is 19.9. The van der Waals surface area contributed by atoms with E-state index in [1.807, 2.05) is 39.0 Å². The molecule has 1 aromatic rings. The maximum Gasteiger partial charge on any atom is 0.410 e. The average molecular weight is 365 g/mol. The Balaban J connectivity index is 2.00. The third-order valence-corrected chi connectivity index (χ3v) is 4.25. The second-order valence-corrected chi connectivity index (χ2v) is 7.41. The molecule has 0 N–H and O–H groups in total. The highest BCUT2D eigenvalue weighted by Crippen LogP contribution is 2.33. The Morgan fingerprint density at radius 1 is 1.23 bits per heavy atom. The fourth-order valence-electron chi connectivity index (χ4n) is 2.92. The van der Waals surface area contributed by atoms with Crippen molar-refractivity contribution < 1.29 is 28.5 Å². The van der Waals surface area contributed by atoms with Gasteiger partial charge in [0.25, 0.3) is 6.47 Å². The molecule has 0 bridgehead atoms. The van der Waals surface area contributed by atoms with Crippen molar-refractivity contribution in [2.45, 2.75) is 44.8 Å². The number of likely N-dealkylation sites (tertiary alicyclic amines) is 1. The lowest BCUT2D eigenvalue weighted by atomic mass is 9.87. The fraction of sp³-hybridized carbons (Fsp3) is 0.579. The zero-order valence-electron chi connectivity index (χ0n) is 16.0. The van der Waals surface area contributed by atoms with E-state index in [0.717, 1.165) is 5.56 Å². The van der Waals surface area contributed by atoms with Gasteiger partial charge < -0.3 is 23.8 Å². The van der Waals surface area contributed by atoms with Crippen molar-refractivity contribution >= 4 is 12.6 Å². The summed E-state index contributed by atoms with van der Waals surface area (Å²) in [6.07, 6.45) is 0.821. The lowest BCUT2D eigenvalue weighted by molar-refractivity contribution is -0.164. The molecule has 1 aromatic carbocycles. The van der Waals surface area contributed by atoms with Gasteiger partial charge in [0.2, 0.25) is 0 Å². The monoisotopic (exact) mass is 365 g/mol. The molecule has 7 heteroatoms. The Morgan fingerprint density at radius 2 is 1.92 bits per heavy atom. The molecule has 7 nitrogen and oxygen atoms in total. The maximum absolute atomic E-state index is 12.1. The van der Waals surface area contributed by atoms with Crippen LogP contribution in [0.15, 0.2) is 18.2 Å². The van der Waals surface area contributed by atoms with Crippen molar-refractivity contribution in [3.05, 3.63) is 23.8 Å². The molecule has 1 fully saturated rings. The number of aryl methyl sites for hydroxylation is 1. The van der Waals surface area contributed by atoms with Crippen molar-refractivity contribution in [1.82, 2.24) is 4.90 Å². The van der Waals surface area contributed by atoms with Gasteiger partial charge in [0.15, 0.2) is 0 Å². The summed E-state index contributed by atoms with van der Waals surface area (Å²) in [7, 11) is 3.20. The number of hydrogen-bond acceptors (Lipinski definition) is 6. The van der Waals surface area contributed by atoms with Crippen LogP contribution in [0.2, 0.25) is 0 Å². The lowest BCUT2D eigenvalue weighted by Crippen LogP contribution is -2.65. The minimum atomic E-state index is -0.691. The van der Waals surface area contributed by atoms with E-state index in [1.54, 1.807) is 19.1 Å². The fourth-order valence-corrected chi connectivity index (χ4v) is 2.92. The van der Waals surface area contributed by atoms with E-state index < -0.39 is 17.3 Å². The van der Waals surface area contributed by atoms with Gasteiger partial charge in [0.1, 0.15) is 22.7 Å². The lowest BCUT2D eigenvalue weighted by Gasteiger charge is -2.48. The molecule has 2 rings (SSSR count). The Hall–Kier alpha value is -2.44. The van der Waals surface area contributed by atoms with Gasteiger partial charge in [-0.05, 0) is 45.2 Å². The SMILES string of the molecule is COc1ccc(CCC2(OC=O)CN(C(=O)OC(C)(C)C)C2)c(OC)c1. The largest absolute Gasteiger partial charge is 0.497 e. The first-order valence-electron chi connectivity index (χ1n) is 8.52. The molecule has 0 spiro atoms. The summed E-state index contributed by atoms with van der Waals surface area (Å²) in [5, 5.41) is 0. The highest BCUT2D eigenvalue weighted by Gasteiger charge is 2.48. The van der Waals surface area contributed by atoms with Crippen molar-refractivity contribution in [3.63, 3.8) is 0 Å². The molecule has 1 saturated heterocycles. The van der Waals surface area contributed by atoms with Crippen molar-refractivity contribution in [2.24, 2.45) is 0 Å². The van der Waals surface area contributed by atoms with Gasteiger partial charge in [-0.15, -0.1) is 0 Å². The normalized spacial score (nSPS) is 15.7. The van der Waals surface area contributed by atoms with Gasteiger partial charge in [-0.2, -0.15) is 0 Å². The smallest absolute Gasteiger partial charge is 0.410 e. The summed E-state index contributed by atoms with van der Waals surface area (Å²) in [6, 6.07) is 5.60. The van der Waals surface area contributed by atoms with Gasteiger partial charge >= 0.3 is 6.09 Å². The van der Waals surface area contributed by atoms with Crippen LogP contribution in [0.1, 0.15) is 32.8 Å². The molecule has 0 atom stereocenters. The van der Waals surface area contributed by atoms with Crippen LogP contribution in [-0.4, -0.2) is 56.0 Å². The number of carbonyl (C=O) groups is 2. The third kappa shape index (κ3) is 4.80. The van der Waals surface area contributed by atoms with E-state index in [0.29, 0.717) is 43.9 Å². The van der Waals surface area contributed by atoms with Crippen LogP contribution in [0.25, 0.3) is 0 Å². The van der Waals surface area contributed by atoms with E-state index >= 15 is 0 Å². The third-order valence-electron chi connectivity index (χ3n) is 4.25. The predicted molar refractivity (Wildman–Crippen MR) is 95.6 cm³/mol. The molecular weight excluding hydrogens is 338 g/mol. The number of rotatable bonds is 7. The van der Waals surface area contributed by atoms with Crippen LogP contribution in [0.3, 0.4) is 0 Å². The molecule has 26 heavy (non-hydrogen) atoms. The van der Waals surface area contributed by atoms with Crippen LogP contribution in [-0.2, 0) is 20.7 Å². The quantitative estimate of drug-likeness (QED) is 0.692. The number of nitrogens with zero attached hydrogens (tertiary/aromatic N) is 1. The Bertz CT molecular complexity index is 646. The van der Waals surface area contributed by atoms with Crippen molar-refractivity contribution in [3.8, 4) is 11.5 Å². The van der Waals surface area contributed by atoms with E-state index in [1.165, 1.54) is 0 Å². The number of hydrogen-bond donors (Lipinski definition) is 0. The molecule has 0 aliphatic carbocycles. The summed E-state index contributed by atoms with van der Waals surface area (Å²) >= 11 is 0. The molecule has 0 saturated carbocycles. The van der Waals surface area contributed by atoms with E-state index in [4.69, 9.17) is 18.9 Å². The van der Waals surface area contributed by atoms with Crippen LogP contribution in [0.4, 0.5) is 4.79 Å². The molecule has 0 unspecified atom stereocenters. The Morgan fingerprint density at radius 3 is 2.46 bits per heavy atom. The molecule has 1 aliphatic heterocycles. The number of amides is 1. The molecule has 0 radical (unpaired) electrons. The topological polar surface area (TPSA) is 74.3 Å². The maximum atomic E-state index is 12.1. The van der Waals surface area contributed by atoms with Crippen LogP contribution < -0.4 is 9.47 Å². The van der Waals surface area contributed by atoms with Gasteiger partial charge in [-0.25, -0.2) is 4.79 Å². The highest BCUT2D eigenvalue weighted by atomic mass is 16.6. The van der Waals surface area contributed by atoms with Gasteiger partial charge in [0, 0.05) is 6.07 Å². The van der Waals surface area contributed by atoms with Crippen LogP contribution in [0.5, 0.6) is 11.5 Å². The number of ether oxygens (including phenoxy) is 4.